The maximum atomic E-state index is 10.2. The van der Waals surface area contributed by atoms with Crippen LogP contribution in [0.25, 0.3) is 0 Å². The van der Waals surface area contributed by atoms with Crippen LogP contribution in [-0.4, -0.2) is 11.9 Å². The lowest BCUT2D eigenvalue weighted by atomic mass is 10.0. The molecule has 0 saturated carbocycles. The molecule has 94 valence electrons. The van der Waals surface area contributed by atoms with Crippen LogP contribution in [0.1, 0.15) is 17.4 Å². The summed E-state index contributed by atoms with van der Waals surface area (Å²) in [5, 5.41) is 10.2. The summed E-state index contributed by atoms with van der Waals surface area (Å²) in [5.41, 5.74) is 0.766. The van der Waals surface area contributed by atoms with Crippen LogP contribution in [-0.2, 0) is 6.42 Å². The predicted molar refractivity (Wildman–Crippen MR) is 67.6 cm³/mol. The summed E-state index contributed by atoms with van der Waals surface area (Å²) in [4.78, 5) is 0. The Hall–Kier alpha value is -1.46. The molecule has 1 N–H and O–H groups in total. The summed E-state index contributed by atoms with van der Waals surface area (Å²) < 4.78 is 16.6. The molecule has 1 aliphatic rings. The standard InChI is InChI=1S/C13H11BrO4/c14-10-4-8(5-12-13(10)18-7-17-12)11(15)6-9-2-1-3-16-9/h1-5,11,15H,6-7H2. The fraction of sp³-hybridized carbons (Fsp3) is 0.231. The Kier molecular flexibility index (Phi) is 3.01. The van der Waals surface area contributed by atoms with Crippen molar-refractivity contribution < 1.29 is 19.0 Å². The van der Waals surface area contributed by atoms with Gasteiger partial charge in [0.1, 0.15) is 5.76 Å². The van der Waals surface area contributed by atoms with Crippen LogP contribution in [0.3, 0.4) is 0 Å². The van der Waals surface area contributed by atoms with Crippen LogP contribution in [0, 0.1) is 0 Å². The highest BCUT2D eigenvalue weighted by Crippen LogP contribution is 2.41. The first kappa shape index (κ1) is 11.6. The third kappa shape index (κ3) is 2.11. The van der Waals surface area contributed by atoms with E-state index in [1.165, 1.54) is 0 Å². The molecule has 1 unspecified atom stereocenters. The van der Waals surface area contributed by atoms with Crippen molar-refractivity contribution in [1.82, 2.24) is 0 Å². The van der Waals surface area contributed by atoms with E-state index in [0.717, 1.165) is 15.8 Å². The molecular weight excluding hydrogens is 300 g/mol. The minimum Gasteiger partial charge on any atom is -0.469 e. The van der Waals surface area contributed by atoms with Crippen LogP contribution in [0.5, 0.6) is 11.5 Å². The van der Waals surface area contributed by atoms with Gasteiger partial charge in [0.25, 0.3) is 0 Å². The van der Waals surface area contributed by atoms with E-state index in [9.17, 15) is 5.11 Å². The summed E-state index contributed by atoms with van der Waals surface area (Å²) in [7, 11) is 0. The molecule has 0 amide bonds. The van der Waals surface area contributed by atoms with Crippen molar-refractivity contribution in [3.8, 4) is 11.5 Å². The van der Waals surface area contributed by atoms with Crippen LogP contribution >= 0.6 is 15.9 Å². The van der Waals surface area contributed by atoms with Crippen molar-refractivity contribution in [3.63, 3.8) is 0 Å². The van der Waals surface area contributed by atoms with E-state index in [-0.39, 0.29) is 6.79 Å². The van der Waals surface area contributed by atoms with Gasteiger partial charge in [-0.1, -0.05) is 0 Å². The average Bonchev–Trinajstić information content (AvgIpc) is 2.98. The normalized spacial score (nSPS) is 14.8. The van der Waals surface area contributed by atoms with E-state index in [2.05, 4.69) is 15.9 Å². The van der Waals surface area contributed by atoms with Gasteiger partial charge in [-0.25, -0.2) is 0 Å². The molecule has 0 radical (unpaired) electrons. The quantitative estimate of drug-likeness (QED) is 0.946. The smallest absolute Gasteiger partial charge is 0.231 e. The number of benzene rings is 1. The van der Waals surface area contributed by atoms with Crippen molar-refractivity contribution in [2.75, 3.05) is 6.79 Å². The molecule has 2 aromatic rings. The minimum absolute atomic E-state index is 0.214. The summed E-state index contributed by atoms with van der Waals surface area (Å²) in [6, 6.07) is 7.27. The third-order valence-corrected chi connectivity index (χ3v) is 3.40. The molecule has 18 heavy (non-hydrogen) atoms. The first-order valence-corrected chi connectivity index (χ1v) is 6.33. The van der Waals surface area contributed by atoms with Crippen LogP contribution < -0.4 is 9.47 Å². The third-order valence-electron chi connectivity index (χ3n) is 2.81. The van der Waals surface area contributed by atoms with Gasteiger partial charge in [0.15, 0.2) is 11.5 Å². The predicted octanol–water partition coefficient (Wildman–Crippen LogP) is 3.05. The van der Waals surface area contributed by atoms with Crippen LogP contribution in [0.15, 0.2) is 39.4 Å². The molecule has 1 aromatic carbocycles. The molecule has 1 aliphatic heterocycles. The number of hydrogen-bond acceptors (Lipinski definition) is 4. The second kappa shape index (κ2) is 4.66. The molecule has 0 fully saturated rings. The molecular formula is C13H11BrO4. The summed E-state index contributed by atoms with van der Waals surface area (Å²) in [5.74, 6) is 2.08. The van der Waals surface area contributed by atoms with Gasteiger partial charge in [0.05, 0.1) is 16.8 Å². The molecule has 4 nitrogen and oxygen atoms in total. The maximum absolute atomic E-state index is 10.2. The Labute approximate surface area is 112 Å². The van der Waals surface area contributed by atoms with E-state index in [0.29, 0.717) is 17.9 Å². The van der Waals surface area contributed by atoms with Crippen molar-refractivity contribution in [2.24, 2.45) is 0 Å². The zero-order chi connectivity index (χ0) is 12.5. The number of halogens is 1. The molecule has 0 saturated heterocycles. The lowest BCUT2D eigenvalue weighted by Gasteiger charge is -2.11. The largest absolute Gasteiger partial charge is 0.469 e. The van der Waals surface area contributed by atoms with Gasteiger partial charge in [-0.15, -0.1) is 0 Å². The first-order valence-electron chi connectivity index (χ1n) is 5.53. The van der Waals surface area contributed by atoms with E-state index in [1.54, 1.807) is 18.4 Å². The lowest BCUT2D eigenvalue weighted by Crippen LogP contribution is -2.01. The number of rotatable bonds is 3. The Bertz CT molecular complexity index is 550. The number of aliphatic hydroxyl groups excluding tert-OH is 1. The summed E-state index contributed by atoms with van der Waals surface area (Å²) in [6.07, 6.45) is 1.39. The molecule has 1 aromatic heterocycles. The molecule has 1 atom stereocenters. The van der Waals surface area contributed by atoms with E-state index >= 15 is 0 Å². The highest BCUT2D eigenvalue weighted by Gasteiger charge is 2.21. The SMILES string of the molecule is OC(Cc1ccco1)c1cc(Br)c2c(c1)OCO2. The number of furan rings is 1. The molecule has 0 aliphatic carbocycles. The monoisotopic (exact) mass is 310 g/mol. The van der Waals surface area contributed by atoms with Gasteiger partial charge in [0.2, 0.25) is 6.79 Å². The Balaban J connectivity index is 1.86. The Morgan fingerprint density at radius 1 is 1.33 bits per heavy atom. The van der Waals surface area contributed by atoms with Crippen molar-refractivity contribution >= 4 is 15.9 Å². The Morgan fingerprint density at radius 3 is 3.00 bits per heavy atom. The summed E-state index contributed by atoms with van der Waals surface area (Å²) in [6.45, 7) is 0.214. The maximum Gasteiger partial charge on any atom is 0.231 e. The highest BCUT2D eigenvalue weighted by molar-refractivity contribution is 9.10. The fourth-order valence-electron chi connectivity index (χ4n) is 1.92. The van der Waals surface area contributed by atoms with E-state index in [4.69, 9.17) is 13.9 Å². The van der Waals surface area contributed by atoms with Gasteiger partial charge in [0, 0.05) is 6.42 Å². The van der Waals surface area contributed by atoms with Crippen LogP contribution in [0.4, 0.5) is 0 Å². The second-order valence-electron chi connectivity index (χ2n) is 4.04. The minimum atomic E-state index is -0.637. The van der Waals surface area contributed by atoms with Gasteiger partial charge in [-0.2, -0.15) is 0 Å². The Morgan fingerprint density at radius 2 is 2.22 bits per heavy atom. The average molecular weight is 311 g/mol. The zero-order valence-electron chi connectivity index (χ0n) is 9.43. The van der Waals surface area contributed by atoms with E-state index < -0.39 is 6.10 Å². The van der Waals surface area contributed by atoms with Crippen molar-refractivity contribution in [1.29, 1.82) is 0 Å². The topological polar surface area (TPSA) is 51.8 Å². The first-order chi connectivity index (χ1) is 8.74. The number of fused-ring (bicyclic) bond motifs is 1. The van der Waals surface area contributed by atoms with Gasteiger partial charge in [-0.05, 0) is 45.8 Å². The van der Waals surface area contributed by atoms with Gasteiger partial charge >= 0.3 is 0 Å². The molecule has 5 heteroatoms. The van der Waals surface area contributed by atoms with Crippen molar-refractivity contribution in [3.05, 3.63) is 46.3 Å². The zero-order valence-corrected chi connectivity index (χ0v) is 11.0. The number of hydrogen-bond donors (Lipinski definition) is 1. The van der Waals surface area contributed by atoms with Crippen molar-refractivity contribution in [2.45, 2.75) is 12.5 Å². The second-order valence-corrected chi connectivity index (χ2v) is 4.89. The van der Waals surface area contributed by atoms with Gasteiger partial charge in [-0.3, -0.25) is 0 Å². The molecule has 0 bridgehead atoms. The number of aliphatic hydroxyl groups is 1. The van der Waals surface area contributed by atoms with Gasteiger partial charge < -0.3 is 19.0 Å². The van der Waals surface area contributed by atoms with E-state index in [1.807, 2.05) is 12.1 Å². The number of ether oxygens (including phenoxy) is 2. The molecule has 3 rings (SSSR count). The van der Waals surface area contributed by atoms with Crippen LogP contribution in [0.2, 0.25) is 0 Å². The molecule has 2 heterocycles. The molecule has 0 spiro atoms. The summed E-state index contributed by atoms with van der Waals surface area (Å²) >= 11 is 3.40. The fourth-order valence-corrected chi connectivity index (χ4v) is 2.49. The lowest BCUT2D eigenvalue weighted by molar-refractivity contribution is 0.167. The highest BCUT2D eigenvalue weighted by atomic mass is 79.9.